The van der Waals surface area contributed by atoms with Gasteiger partial charge < -0.3 is 10.3 Å². The van der Waals surface area contributed by atoms with Crippen LogP contribution in [0.5, 0.6) is 0 Å². The Morgan fingerprint density at radius 2 is 2.04 bits per heavy atom. The summed E-state index contributed by atoms with van der Waals surface area (Å²) >= 11 is 0. The second-order valence-electron chi connectivity index (χ2n) is 6.74. The molecule has 1 aliphatic heterocycles. The van der Waals surface area contributed by atoms with Gasteiger partial charge in [-0.15, -0.1) is 0 Å². The van der Waals surface area contributed by atoms with Gasteiger partial charge in [0.2, 0.25) is 5.91 Å². The van der Waals surface area contributed by atoms with E-state index < -0.39 is 5.82 Å². The van der Waals surface area contributed by atoms with Crippen LogP contribution in [0.1, 0.15) is 24.6 Å². The summed E-state index contributed by atoms with van der Waals surface area (Å²) in [7, 11) is 0. The molecule has 4 rings (SSSR count). The standard InChI is InChI=1S/C20H21FN4O/c21-15-7-1-2-8-16(15)22-19(26)13-25-11-5-6-14(12-25)20-23-17-9-3-4-10-18(17)24-20/h1-4,7-10,14H,5-6,11-13H2,(H,22,26)(H,23,24)/t14-/m0/s1. The van der Waals surface area contributed by atoms with Gasteiger partial charge in [0.05, 0.1) is 23.3 Å². The van der Waals surface area contributed by atoms with Crippen LogP contribution in [0.3, 0.4) is 0 Å². The van der Waals surface area contributed by atoms with Crippen molar-refractivity contribution in [1.29, 1.82) is 0 Å². The van der Waals surface area contributed by atoms with E-state index in [1.54, 1.807) is 18.2 Å². The molecule has 26 heavy (non-hydrogen) atoms. The molecule has 2 aromatic carbocycles. The van der Waals surface area contributed by atoms with Crippen LogP contribution < -0.4 is 5.32 Å². The number of rotatable bonds is 4. The largest absolute Gasteiger partial charge is 0.342 e. The number of hydrogen-bond acceptors (Lipinski definition) is 3. The van der Waals surface area contributed by atoms with Gasteiger partial charge in [-0.3, -0.25) is 9.69 Å². The van der Waals surface area contributed by atoms with Crippen molar-refractivity contribution in [3.05, 3.63) is 60.2 Å². The van der Waals surface area contributed by atoms with Crippen LogP contribution in [0.25, 0.3) is 11.0 Å². The summed E-state index contributed by atoms with van der Waals surface area (Å²) < 4.78 is 13.7. The topological polar surface area (TPSA) is 61.0 Å². The summed E-state index contributed by atoms with van der Waals surface area (Å²) in [5.74, 6) is 0.642. The van der Waals surface area contributed by atoms with Gasteiger partial charge in [0.15, 0.2) is 0 Å². The second kappa shape index (κ2) is 7.25. The molecular formula is C20H21FN4O. The first-order valence-electron chi connectivity index (χ1n) is 8.90. The van der Waals surface area contributed by atoms with E-state index in [4.69, 9.17) is 4.98 Å². The number of nitrogens with zero attached hydrogens (tertiary/aromatic N) is 2. The van der Waals surface area contributed by atoms with Gasteiger partial charge in [-0.25, -0.2) is 9.37 Å². The third-order valence-electron chi connectivity index (χ3n) is 4.82. The lowest BCUT2D eigenvalue weighted by molar-refractivity contribution is -0.117. The molecule has 1 aliphatic rings. The molecule has 0 saturated carbocycles. The molecule has 0 spiro atoms. The number of nitrogens with one attached hydrogen (secondary N) is 2. The SMILES string of the molecule is O=C(CN1CCC[C@H](c2nc3ccccc3[nH]2)C1)Nc1ccccc1F. The van der Waals surface area contributed by atoms with Crippen molar-refractivity contribution in [3.63, 3.8) is 0 Å². The van der Waals surface area contributed by atoms with E-state index in [-0.39, 0.29) is 24.1 Å². The van der Waals surface area contributed by atoms with Crippen molar-refractivity contribution in [3.8, 4) is 0 Å². The fourth-order valence-corrected chi connectivity index (χ4v) is 3.54. The van der Waals surface area contributed by atoms with Crippen LogP contribution in [-0.4, -0.2) is 40.4 Å². The van der Waals surface area contributed by atoms with Crippen LogP contribution in [0.4, 0.5) is 10.1 Å². The summed E-state index contributed by atoms with van der Waals surface area (Å²) in [5.41, 5.74) is 2.23. The molecule has 1 fully saturated rings. The highest BCUT2D eigenvalue weighted by Crippen LogP contribution is 2.26. The van der Waals surface area contributed by atoms with E-state index >= 15 is 0 Å². The Kier molecular flexibility index (Phi) is 4.67. The Morgan fingerprint density at radius 3 is 2.88 bits per heavy atom. The molecular weight excluding hydrogens is 331 g/mol. The predicted octanol–water partition coefficient (Wildman–Crippen LogP) is 3.52. The van der Waals surface area contributed by atoms with Crippen molar-refractivity contribution >= 4 is 22.6 Å². The number of halogens is 1. The summed E-state index contributed by atoms with van der Waals surface area (Å²) in [6.45, 7) is 1.89. The fraction of sp³-hybridized carbons (Fsp3) is 0.300. The third-order valence-corrected chi connectivity index (χ3v) is 4.82. The van der Waals surface area contributed by atoms with Crippen molar-refractivity contribution in [2.24, 2.45) is 0 Å². The van der Waals surface area contributed by atoms with Crippen molar-refractivity contribution in [2.45, 2.75) is 18.8 Å². The molecule has 5 nitrogen and oxygen atoms in total. The number of aromatic amines is 1. The van der Waals surface area contributed by atoms with E-state index in [0.29, 0.717) is 0 Å². The molecule has 2 N–H and O–H groups in total. The molecule has 0 radical (unpaired) electrons. The number of piperidine rings is 1. The summed E-state index contributed by atoms with van der Waals surface area (Å²) in [6.07, 6.45) is 2.06. The number of carbonyl (C=O) groups is 1. The molecule has 3 aromatic rings. The van der Waals surface area contributed by atoms with E-state index in [9.17, 15) is 9.18 Å². The Labute approximate surface area is 151 Å². The Morgan fingerprint density at radius 1 is 1.23 bits per heavy atom. The minimum Gasteiger partial charge on any atom is -0.342 e. The number of benzene rings is 2. The smallest absolute Gasteiger partial charge is 0.238 e. The van der Waals surface area contributed by atoms with E-state index in [1.807, 2.05) is 24.3 Å². The summed E-state index contributed by atoms with van der Waals surface area (Å²) in [4.78, 5) is 22.5. The highest BCUT2D eigenvalue weighted by atomic mass is 19.1. The summed E-state index contributed by atoms with van der Waals surface area (Å²) in [5, 5.41) is 2.65. The molecule has 0 aliphatic carbocycles. The number of aromatic nitrogens is 2. The maximum absolute atomic E-state index is 13.7. The van der Waals surface area contributed by atoms with Gasteiger partial charge in [-0.1, -0.05) is 24.3 Å². The van der Waals surface area contributed by atoms with Gasteiger partial charge in [0, 0.05) is 12.5 Å². The number of amides is 1. The lowest BCUT2D eigenvalue weighted by Gasteiger charge is -2.31. The summed E-state index contributed by atoms with van der Waals surface area (Å²) in [6, 6.07) is 14.2. The number of likely N-dealkylation sites (tertiary alicyclic amines) is 1. The highest BCUT2D eigenvalue weighted by Gasteiger charge is 2.25. The zero-order valence-electron chi connectivity index (χ0n) is 14.4. The molecule has 134 valence electrons. The minimum absolute atomic E-state index is 0.194. The lowest BCUT2D eigenvalue weighted by Crippen LogP contribution is -2.40. The maximum atomic E-state index is 13.7. The Balaban J connectivity index is 1.40. The Bertz CT molecular complexity index is 890. The van der Waals surface area contributed by atoms with Gasteiger partial charge in [0.1, 0.15) is 11.6 Å². The predicted molar refractivity (Wildman–Crippen MR) is 99.5 cm³/mol. The van der Waals surface area contributed by atoms with Gasteiger partial charge >= 0.3 is 0 Å². The quantitative estimate of drug-likeness (QED) is 0.755. The van der Waals surface area contributed by atoms with Crippen LogP contribution >= 0.6 is 0 Å². The third kappa shape index (κ3) is 3.60. The average Bonchev–Trinajstić information content (AvgIpc) is 3.08. The van der Waals surface area contributed by atoms with Crippen molar-refractivity contribution in [2.75, 3.05) is 25.0 Å². The normalized spacial score (nSPS) is 18.1. The molecule has 6 heteroatoms. The number of carbonyl (C=O) groups excluding carboxylic acids is 1. The van der Waals surface area contributed by atoms with Crippen molar-refractivity contribution in [1.82, 2.24) is 14.9 Å². The van der Waals surface area contributed by atoms with Gasteiger partial charge in [-0.2, -0.15) is 0 Å². The number of H-pyrrole nitrogens is 1. The molecule has 1 aromatic heterocycles. The molecule has 0 bridgehead atoms. The first-order chi connectivity index (χ1) is 12.7. The van der Waals surface area contributed by atoms with Gasteiger partial charge in [-0.05, 0) is 43.7 Å². The number of anilines is 1. The molecule has 0 unspecified atom stereocenters. The molecule has 1 amide bonds. The van der Waals surface area contributed by atoms with E-state index in [1.165, 1.54) is 6.07 Å². The van der Waals surface area contributed by atoms with Crippen LogP contribution in [-0.2, 0) is 4.79 Å². The first-order valence-corrected chi connectivity index (χ1v) is 8.90. The first kappa shape index (κ1) is 16.7. The van der Waals surface area contributed by atoms with E-state index in [0.717, 1.165) is 42.8 Å². The Hall–Kier alpha value is -2.73. The van der Waals surface area contributed by atoms with Crippen LogP contribution in [0.2, 0.25) is 0 Å². The zero-order chi connectivity index (χ0) is 17.9. The number of hydrogen-bond donors (Lipinski definition) is 2. The lowest BCUT2D eigenvalue weighted by atomic mass is 9.97. The highest BCUT2D eigenvalue weighted by molar-refractivity contribution is 5.92. The van der Waals surface area contributed by atoms with E-state index in [2.05, 4.69) is 15.2 Å². The van der Waals surface area contributed by atoms with Crippen LogP contribution in [0.15, 0.2) is 48.5 Å². The second-order valence-corrected chi connectivity index (χ2v) is 6.74. The molecule has 2 heterocycles. The fourth-order valence-electron chi connectivity index (χ4n) is 3.54. The average molecular weight is 352 g/mol. The minimum atomic E-state index is -0.417. The maximum Gasteiger partial charge on any atom is 0.238 e. The number of fused-ring (bicyclic) bond motifs is 1. The molecule has 1 saturated heterocycles. The number of imidazole rings is 1. The van der Waals surface area contributed by atoms with Crippen molar-refractivity contribution < 1.29 is 9.18 Å². The zero-order valence-corrected chi connectivity index (χ0v) is 14.4. The van der Waals surface area contributed by atoms with Crippen LogP contribution in [0, 0.1) is 5.82 Å². The monoisotopic (exact) mass is 352 g/mol. The van der Waals surface area contributed by atoms with Gasteiger partial charge in [0.25, 0.3) is 0 Å². The number of para-hydroxylation sites is 3. The molecule has 1 atom stereocenters.